The maximum atomic E-state index is 12.2. The van der Waals surface area contributed by atoms with Crippen LogP contribution in [0, 0.1) is 0 Å². The highest BCUT2D eigenvalue weighted by molar-refractivity contribution is 5.83. The van der Waals surface area contributed by atoms with Crippen LogP contribution in [0.15, 0.2) is 60.7 Å². The van der Waals surface area contributed by atoms with E-state index in [0.717, 1.165) is 17.5 Å². The first kappa shape index (κ1) is 17.7. The molecule has 1 amide bonds. The van der Waals surface area contributed by atoms with E-state index < -0.39 is 0 Å². The lowest BCUT2D eigenvalue weighted by Crippen LogP contribution is -2.31. The number of esters is 1. The number of ether oxygens (including phenoxy) is 1. The lowest BCUT2D eigenvalue weighted by molar-refractivity contribution is -0.150. The molecule has 2 rings (SSSR count). The van der Waals surface area contributed by atoms with E-state index in [4.69, 9.17) is 4.74 Å². The van der Waals surface area contributed by atoms with Crippen LogP contribution in [0.3, 0.4) is 0 Å². The molecule has 126 valence electrons. The Morgan fingerprint density at radius 1 is 1.00 bits per heavy atom. The van der Waals surface area contributed by atoms with Crippen molar-refractivity contribution in [2.45, 2.75) is 25.7 Å². The van der Waals surface area contributed by atoms with Crippen molar-refractivity contribution in [1.82, 2.24) is 5.32 Å². The van der Waals surface area contributed by atoms with E-state index in [2.05, 4.69) is 5.32 Å². The van der Waals surface area contributed by atoms with Gasteiger partial charge in [-0.05, 0) is 24.0 Å². The van der Waals surface area contributed by atoms with Crippen LogP contribution >= 0.6 is 0 Å². The fourth-order valence-electron chi connectivity index (χ4n) is 2.50. The predicted octanol–water partition coefficient (Wildman–Crippen LogP) is 3.08. The Morgan fingerprint density at radius 2 is 1.62 bits per heavy atom. The minimum absolute atomic E-state index is 0.239. The van der Waals surface area contributed by atoms with Gasteiger partial charge in [-0.25, -0.2) is 0 Å². The number of amides is 1. The van der Waals surface area contributed by atoms with Gasteiger partial charge < -0.3 is 10.1 Å². The van der Waals surface area contributed by atoms with Crippen LogP contribution in [0.2, 0.25) is 0 Å². The average Bonchev–Trinajstić information content (AvgIpc) is 2.62. The van der Waals surface area contributed by atoms with E-state index in [1.54, 1.807) is 0 Å². The summed E-state index contributed by atoms with van der Waals surface area (Å²) in [5, 5.41) is 2.77. The maximum Gasteiger partial charge on any atom is 0.313 e. The van der Waals surface area contributed by atoms with E-state index in [9.17, 15) is 9.59 Å². The largest absolute Gasteiger partial charge is 0.455 e. The van der Waals surface area contributed by atoms with Gasteiger partial charge in [0.2, 0.25) is 0 Å². The number of rotatable bonds is 8. The zero-order valence-electron chi connectivity index (χ0n) is 13.9. The highest BCUT2D eigenvalue weighted by Gasteiger charge is 2.20. The summed E-state index contributed by atoms with van der Waals surface area (Å²) in [6, 6.07) is 19.4. The molecular formula is C20H23NO3. The molecule has 24 heavy (non-hydrogen) atoms. The number of hydrogen-bond acceptors (Lipinski definition) is 3. The molecule has 0 spiro atoms. The SMILES string of the molecule is CC[C@@H](C(=O)OCC(=O)NCCc1ccccc1)c1ccccc1. The molecule has 4 heteroatoms. The number of carbonyl (C=O) groups excluding carboxylic acids is 2. The fourth-order valence-corrected chi connectivity index (χ4v) is 2.50. The van der Waals surface area contributed by atoms with Crippen molar-refractivity contribution in [1.29, 1.82) is 0 Å². The summed E-state index contributed by atoms with van der Waals surface area (Å²) in [5.74, 6) is -0.965. The topological polar surface area (TPSA) is 55.4 Å². The molecule has 1 N–H and O–H groups in total. The molecule has 0 aliphatic heterocycles. The molecule has 0 radical (unpaired) electrons. The Kier molecular flexibility index (Phi) is 7.02. The number of benzene rings is 2. The third kappa shape index (κ3) is 5.54. The Morgan fingerprint density at radius 3 is 2.25 bits per heavy atom. The summed E-state index contributed by atoms with van der Waals surface area (Å²) < 4.78 is 5.16. The van der Waals surface area contributed by atoms with Crippen LogP contribution in [0.4, 0.5) is 0 Å². The normalized spacial score (nSPS) is 11.5. The maximum absolute atomic E-state index is 12.2. The number of hydrogen-bond donors (Lipinski definition) is 1. The van der Waals surface area contributed by atoms with Gasteiger partial charge in [-0.3, -0.25) is 9.59 Å². The molecule has 1 atom stereocenters. The molecule has 0 bridgehead atoms. The molecule has 0 fully saturated rings. The first-order valence-electron chi connectivity index (χ1n) is 8.23. The van der Waals surface area contributed by atoms with Gasteiger partial charge in [0.05, 0.1) is 5.92 Å². The van der Waals surface area contributed by atoms with Crippen molar-refractivity contribution in [2.75, 3.05) is 13.2 Å². The Hall–Kier alpha value is -2.62. The first-order valence-corrected chi connectivity index (χ1v) is 8.23. The molecule has 0 heterocycles. The summed E-state index contributed by atoms with van der Waals surface area (Å²) in [6.45, 7) is 2.21. The standard InChI is InChI=1S/C20H23NO3/c1-2-18(17-11-7-4-8-12-17)20(23)24-15-19(22)21-14-13-16-9-5-3-6-10-16/h3-12,18H,2,13-15H2,1H3,(H,21,22)/t18-/m1/s1. The minimum Gasteiger partial charge on any atom is -0.455 e. The number of carbonyl (C=O) groups is 2. The van der Waals surface area contributed by atoms with Crippen molar-refractivity contribution in [2.24, 2.45) is 0 Å². The van der Waals surface area contributed by atoms with Gasteiger partial charge in [-0.2, -0.15) is 0 Å². The van der Waals surface area contributed by atoms with Gasteiger partial charge in [0.1, 0.15) is 0 Å². The van der Waals surface area contributed by atoms with E-state index in [0.29, 0.717) is 13.0 Å². The van der Waals surface area contributed by atoms with Crippen molar-refractivity contribution >= 4 is 11.9 Å². The second kappa shape index (κ2) is 9.50. The van der Waals surface area contributed by atoms with Gasteiger partial charge in [0, 0.05) is 6.54 Å². The molecule has 4 nitrogen and oxygen atoms in total. The van der Waals surface area contributed by atoms with E-state index in [1.165, 1.54) is 0 Å². The summed E-state index contributed by atoms with van der Waals surface area (Å²) in [4.78, 5) is 24.0. The van der Waals surface area contributed by atoms with E-state index >= 15 is 0 Å². The molecule has 0 aliphatic rings. The lowest BCUT2D eigenvalue weighted by Gasteiger charge is -2.14. The van der Waals surface area contributed by atoms with Crippen LogP contribution in [0.25, 0.3) is 0 Å². The van der Waals surface area contributed by atoms with Crippen LogP contribution in [0.1, 0.15) is 30.4 Å². The van der Waals surface area contributed by atoms with Gasteiger partial charge in [0.15, 0.2) is 6.61 Å². The second-order valence-electron chi connectivity index (χ2n) is 5.56. The molecule has 2 aromatic carbocycles. The predicted molar refractivity (Wildman–Crippen MR) is 93.6 cm³/mol. The van der Waals surface area contributed by atoms with Crippen LogP contribution < -0.4 is 5.32 Å². The molecule has 0 saturated heterocycles. The highest BCUT2D eigenvalue weighted by Crippen LogP contribution is 2.20. The zero-order valence-corrected chi connectivity index (χ0v) is 13.9. The number of nitrogens with one attached hydrogen (secondary N) is 1. The molecule has 0 unspecified atom stereocenters. The van der Waals surface area contributed by atoms with Crippen LogP contribution in [0.5, 0.6) is 0 Å². The molecule has 2 aromatic rings. The molecule has 0 aromatic heterocycles. The Labute approximate surface area is 142 Å². The molecule has 0 saturated carbocycles. The van der Waals surface area contributed by atoms with Crippen LogP contribution in [-0.2, 0) is 20.7 Å². The Balaban J connectivity index is 1.73. The van der Waals surface area contributed by atoms with Crippen molar-refractivity contribution in [3.63, 3.8) is 0 Å². The highest BCUT2D eigenvalue weighted by atomic mass is 16.5. The summed E-state index contributed by atoms with van der Waals surface area (Å²) in [5.41, 5.74) is 2.07. The smallest absolute Gasteiger partial charge is 0.313 e. The van der Waals surface area contributed by atoms with E-state index in [-0.39, 0.29) is 24.4 Å². The minimum atomic E-state index is -0.359. The average molecular weight is 325 g/mol. The summed E-state index contributed by atoms with van der Waals surface area (Å²) in [7, 11) is 0. The Bertz CT molecular complexity index is 640. The fraction of sp³-hybridized carbons (Fsp3) is 0.300. The third-order valence-electron chi connectivity index (χ3n) is 3.82. The second-order valence-corrected chi connectivity index (χ2v) is 5.56. The van der Waals surface area contributed by atoms with Gasteiger partial charge in [-0.15, -0.1) is 0 Å². The van der Waals surface area contributed by atoms with Crippen molar-refractivity contribution in [3.05, 3.63) is 71.8 Å². The molecule has 0 aliphatic carbocycles. The van der Waals surface area contributed by atoms with E-state index in [1.807, 2.05) is 67.6 Å². The lowest BCUT2D eigenvalue weighted by atomic mass is 9.97. The quantitative estimate of drug-likeness (QED) is 0.759. The van der Waals surface area contributed by atoms with Crippen molar-refractivity contribution < 1.29 is 14.3 Å². The molecular weight excluding hydrogens is 302 g/mol. The van der Waals surface area contributed by atoms with Crippen molar-refractivity contribution in [3.8, 4) is 0 Å². The van der Waals surface area contributed by atoms with Gasteiger partial charge >= 0.3 is 5.97 Å². The monoisotopic (exact) mass is 325 g/mol. The first-order chi connectivity index (χ1) is 11.7. The summed E-state index contributed by atoms with van der Waals surface area (Å²) in [6.07, 6.45) is 1.39. The third-order valence-corrected chi connectivity index (χ3v) is 3.82. The summed E-state index contributed by atoms with van der Waals surface area (Å²) >= 11 is 0. The van der Waals surface area contributed by atoms with Gasteiger partial charge in [-0.1, -0.05) is 67.6 Å². The van der Waals surface area contributed by atoms with Crippen LogP contribution in [-0.4, -0.2) is 25.0 Å². The van der Waals surface area contributed by atoms with Gasteiger partial charge in [0.25, 0.3) is 5.91 Å². The zero-order chi connectivity index (χ0) is 17.2.